The third-order valence-electron chi connectivity index (χ3n) is 3.98. The van der Waals surface area contributed by atoms with Crippen LogP contribution in [-0.2, 0) is 10.0 Å². The molecule has 1 aliphatic heterocycles. The highest BCUT2D eigenvalue weighted by molar-refractivity contribution is 8.01. The minimum absolute atomic E-state index is 0.0932. The number of hydrogen-bond acceptors (Lipinski definition) is 6. The van der Waals surface area contributed by atoms with Gasteiger partial charge in [-0.3, -0.25) is 4.79 Å². The summed E-state index contributed by atoms with van der Waals surface area (Å²) in [5.41, 5.74) is 2.19. The molecule has 8 heteroatoms. The molecule has 0 spiro atoms. The second kappa shape index (κ2) is 6.86. The van der Waals surface area contributed by atoms with Gasteiger partial charge in [-0.15, -0.1) is 11.3 Å². The number of benzene rings is 2. The Labute approximate surface area is 159 Å². The smallest absolute Gasteiger partial charge is 0.268 e. The molecule has 4 rings (SSSR count). The van der Waals surface area contributed by atoms with Crippen LogP contribution in [0.5, 0.6) is 0 Å². The lowest BCUT2D eigenvalue weighted by atomic mass is 10.2. The number of amides is 1. The first kappa shape index (κ1) is 17.3. The molecule has 0 radical (unpaired) electrons. The van der Waals surface area contributed by atoms with Crippen molar-refractivity contribution in [1.29, 1.82) is 0 Å². The van der Waals surface area contributed by atoms with E-state index >= 15 is 0 Å². The molecule has 0 N–H and O–H groups in total. The third kappa shape index (κ3) is 3.04. The van der Waals surface area contributed by atoms with Gasteiger partial charge in [0.05, 0.1) is 11.3 Å². The van der Waals surface area contributed by atoms with E-state index in [1.54, 1.807) is 18.2 Å². The molecule has 1 aromatic heterocycles. The molecular weight excluding hydrogens is 388 g/mol. The molecular formula is C18H14N2O3S3. The van der Waals surface area contributed by atoms with Crippen LogP contribution in [0.2, 0.25) is 0 Å². The molecule has 3 aromatic rings. The Morgan fingerprint density at radius 3 is 2.54 bits per heavy atom. The van der Waals surface area contributed by atoms with E-state index in [0.717, 1.165) is 19.9 Å². The van der Waals surface area contributed by atoms with Crippen LogP contribution in [0, 0.1) is 0 Å². The van der Waals surface area contributed by atoms with E-state index in [2.05, 4.69) is 4.98 Å². The molecule has 132 valence electrons. The maximum Gasteiger partial charge on any atom is 0.269 e. The number of nitrogens with zero attached hydrogens (tertiary/aromatic N) is 2. The maximum absolute atomic E-state index is 12.5. The van der Waals surface area contributed by atoms with Gasteiger partial charge in [0.2, 0.25) is 0 Å². The lowest BCUT2D eigenvalue weighted by Gasteiger charge is -2.14. The van der Waals surface area contributed by atoms with Crippen LogP contribution in [0.25, 0.3) is 11.3 Å². The van der Waals surface area contributed by atoms with Crippen molar-refractivity contribution in [2.45, 2.75) is 9.24 Å². The lowest BCUT2D eigenvalue weighted by molar-refractivity contribution is 0.0876. The summed E-state index contributed by atoms with van der Waals surface area (Å²) in [6, 6.07) is 16.2. The van der Waals surface area contributed by atoms with Crippen LogP contribution < -0.4 is 0 Å². The average molecular weight is 403 g/mol. The minimum atomic E-state index is -3.73. The topological polar surface area (TPSA) is 67.3 Å². The highest BCUT2D eigenvalue weighted by Crippen LogP contribution is 2.32. The molecule has 0 bridgehead atoms. The van der Waals surface area contributed by atoms with E-state index in [0.29, 0.717) is 5.75 Å². The van der Waals surface area contributed by atoms with Crippen molar-refractivity contribution in [3.8, 4) is 11.3 Å². The van der Waals surface area contributed by atoms with E-state index in [9.17, 15) is 13.2 Å². The first-order valence-electron chi connectivity index (χ1n) is 7.87. The van der Waals surface area contributed by atoms with Gasteiger partial charge in [0, 0.05) is 23.2 Å². The number of carbonyl (C=O) groups is 1. The van der Waals surface area contributed by atoms with Crippen molar-refractivity contribution in [1.82, 2.24) is 9.29 Å². The standard InChI is InChI=1S/C18H14N2O3S3/c21-17-14-8-4-5-9-16(14)26(22,23)20(17)10-11-24-18-19-15(12-25-18)13-6-2-1-3-7-13/h1-9,12H,10-11H2. The normalized spacial score (nSPS) is 15.2. The van der Waals surface area contributed by atoms with Crippen LogP contribution in [0.1, 0.15) is 10.4 Å². The molecule has 0 unspecified atom stereocenters. The predicted octanol–water partition coefficient (Wildman–Crippen LogP) is 3.75. The largest absolute Gasteiger partial charge is 0.269 e. The number of fused-ring (bicyclic) bond motifs is 1. The molecule has 0 saturated heterocycles. The SMILES string of the molecule is O=C1c2ccccc2S(=O)(=O)N1CCSc1nc(-c2ccccc2)cs1. The highest BCUT2D eigenvalue weighted by atomic mass is 32.2. The Kier molecular flexibility index (Phi) is 4.56. The Balaban J connectivity index is 1.43. The zero-order valence-electron chi connectivity index (χ0n) is 13.5. The second-order valence-electron chi connectivity index (χ2n) is 5.59. The number of thioether (sulfide) groups is 1. The number of aromatic nitrogens is 1. The quantitative estimate of drug-likeness (QED) is 0.608. The maximum atomic E-state index is 12.5. The molecule has 2 heterocycles. The van der Waals surface area contributed by atoms with Gasteiger partial charge in [0.1, 0.15) is 4.90 Å². The second-order valence-corrected chi connectivity index (χ2v) is 9.62. The van der Waals surface area contributed by atoms with E-state index in [-0.39, 0.29) is 17.0 Å². The molecule has 0 aliphatic carbocycles. The molecule has 0 fully saturated rings. The van der Waals surface area contributed by atoms with Crippen molar-refractivity contribution in [3.05, 3.63) is 65.5 Å². The molecule has 0 saturated carbocycles. The fraction of sp³-hybridized carbons (Fsp3) is 0.111. The van der Waals surface area contributed by atoms with E-state index in [1.165, 1.54) is 29.2 Å². The van der Waals surface area contributed by atoms with Crippen LogP contribution in [0.15, 0.2) is 69.2 Å². The highest BCUT2D eigenvalue weighted by Gasteiger charge is 2.40. The first-order valence-corrected chi connectivity index (χ1v) is 11.2. The van der Waals surface area contributed by atoms with Crippen molar-refractivity contribution in [2.24, 2.45) is 0 Å². The number of sulfonamides is 1. The van der Waals surface area contributed by atoms with E-state index < -0.39 is 15.9 Å². The van der Waals surface area contributed by atoms with Gasteiger partial charge < -0.3 is 0 Å². The summed E-state index contributed by atoms with van der Waals surface area (Å²) in [4.78, 5) is 17.0. The number of thiazole rings is 1. The van der Waals surface area contributed by atoms with Crippen LogP contribution >= 0.6 is 23.1 Å². The molecule has 26 heavy (non-hydrogen) atoms. The van der Waals surface area contributed by atoms with Crippen molar-refractivity contribution in [3.63, 3.8) is 0 Å². The zero-order chi connectivity index (χ0) is 18.1. The summed E-state index contributed by atoms with van der Waals surface area (Å²) in [7, 11) is -3.73. The zero-order valence-corrected chi connectivity index (χ0v) is 16.0. The lowest BCUT2D eigenvalue weighted by Crippen LogP contribution is -2.32. The van der Waals surface area contributed by atoms with Gasteiger partial charge >= 0.3 is 0 Å². The molecule has 1 amide bonds. The van der Waals surface area contributed by atoms with Crippen LogP contribution in [0.4, 0.5) is 0 Å². The van der Waals surface area contributed by atoms with Gasteiger partial charge in [-0.05, 0) is 12.1 Å². The number of carbonyl (C=O) groups excluding carboxylic acids is 1. The number of rotatable bonds is 5. The summed E-state index contributed by atoms with van der Waals surface area (Å²) < 4.78 is 26.8. The first-order chi connectivity index (χ1) is 12.6. The Morgan fingerprint density at radius 2 is 1.77 bits per heavy atom. The van der Waals surface area contributed by atoms with Gasteiger partial charge in [-0.25, -0.2) is 17.7 Å². The van der Waals surface area contributed by atoms with Gasteiger partial charge in [-0.2, -0.15) is 0 Å². The van der Waals surface area contributed by atoms with Gasteiger partial charge in [-0.1, -0.05) is 54.2 Å². The molecule has 0 atom stereocenters. The monoisotopic (exact) mass is 402 g/mol. The van der Waals surface area contributed by atoms with Gasteiger partial charge in [0.15, 0.2) is 4.34 Å². The van der Waals surface area contributed by atoms with Gasteiger partial charge in [0.25, 0.3) is 15.9 Å². The fourth-order valence-corrected chi connectivity index (χ4v) is 6.25. The summed E-state index contributed by atoms with van der Waals surface area (Å²) >= 11 is 2.97. The van der Waals surface area contributed by atoms with Crippen molar-refractivity contribution < 1.29 is 13.2 Å². The fourth-order valence-electron chi connectivity index (χ4n) is 2.73. The summed E-state index contributed by atoms with van der Waals surface area (Å²) in [6.45, 7) is 0.126. The van der Waals surface area contributed by atoms with Crippen LogP contribution in [0.3, 0.4) is 0 Å². The summed E-state index contributed by atoms with van der Waals surface area (Å²) in [5.74, 6) is 0.00562. The molecule has 1 aliphatic rings. The van der Waals surface area contributed by atoms with E-state index in [4.69, 9.17) is 0 Å². The predicted molar refractivity (Wildman–Crippen MR) is 103 cm³/mol. The van der Waals surface area contributed by atoms with Crippen molar-refractivity contribution >= 4 is 39.0 Å². The van der Waals surface area contributed by atoms with Crippen molar-refractivity contribution in [2.75, 3.05) is 12.3 Å². The summed E-state index contributed by atoms with van der Waals surface area (Å²) in [5, 5.41) is 1.98. The Hall–Kier alpha value is -2.16. The molecule has 2 aromatic carbocycles. The number of hydrogen-bond donors (Lipinski definition) is 0. The third-order valence-corrected chi connectivity index (χ3v) is 7.83. The summed E-state index contributed by atoms with van der Waals surface area (Å²) in [6.07, 6.45) is 0. The Morgan fingerprint density at radius 1 is 1.04 bits per heavy atom. The average Bonchev–Trinajstić information content (AvgIpc) is 3.20. The Bertz CT molecular complexity index is 1060. The van der Waals surface area contributed by atoms with E-state index in [1.807, 2.05) is 35.7 Å². The molecule has 5 nitrogen and oxygen atoms in total. The minimum Gasteiger partial charge on any atom is -0.268 e. The van der Waals surface area contributed by atoms with Crippen LogP contribution in [-0.4, -0.2) is 35.9 Å².